The summed E-state index contributed by atoms with van der Waals surface area (Å²) >= 11 is 0. The van der Waals surface area contributed by atoms with Crippen LogP contribution in [0.15, 0.2) is 61.7 Å². The molecule has 0 amide bonds. The first-order chi connectivity index (χ1) is 12.1. The number of aromatic nitrogens is 3. The highest BCUT2D eigenvalue weighted by molar-refractivity contribution is 5.91. The molecule has 132 valence electrons. The van der Waals surface area contributed by atoms with Gasteiger partial charge in [-0.05, 0) is 47.3 Å². The lowest BCUT2D eigenvalue weighted by Gasteiger charge is -2.23. The summed E-state index contributed by atoms with van der Waals surface area (Å²) in [6.07, 6.45) is 2.08. The van der Waals surface area contributed by atoms with Gasteiger partial charge < -0.3 is 0 Å². The van der Waals surface area contributed by atoms with E-state index in [9.17, 15) is 0 Å². The van der Waals surface area contributed by atoms with Crippen molar-refractivity contribution in [3.8, 4) is 0 Å². The maximum Gasteiger partial charge on any atom is 0.120 e. The molecule has 1 aliphatic rings. The molecular formula is C23H25N3. The van der Waals surface area contributed by atoms with E-state index < -0.39 is 0 Å². The molecule has 0 unspecified atom stereocenters. The molecule has 2 aromatic rings. The number of rotatable bonds is 4. The average molecular weight is 343 g/mol. The van der Waals surface area contributed by atoms with Gasteiger partial charge in [-0.1, -0.05) is 70.0 Å². The van der Waals surface area contributed by atoms with Crippen molar-refractivity contribution in [1.82, 2.24) is 15.4 Å². The second-order valence-electron chi connectivity index (χ2n) is 7.52. The van der Waals surface area contributed by atoms with Crippen molar-refractivity contribution in [2.45, 2.75) is 33.1 Å². The van der Waals surface area contributed by atoms with Crippen LogP contribution >= 0.6 is 0 Å². The molecule has 3 heteroatoms. The number of hydrogen-bond donors (Lipinski definition) is 1. The molecule has 0 radical (unpaired) electrons. The molecule has 3 rings (SSSR count). The van der Waals surface area contributed by atoms with Crippen LogP contribution in [0.3, 0.4) is 0 Å². The van der Waals surface area contributed by atoms with E-state index >= 15 is 0 Å². The molecule has 0 atom stereocenters. The van der Waals surface area contributed by atoms with E-state index in [4.69, 9.17) is 0 Å². The molecule has 1 aromatic carbocycles. The van der Waals surface area contributed by atoms with Crippen molar-refractivity contribution < 1.29 is 0 Å². The molecule has 0 saturated carbocycles. The van der Waals surface area contributed by atoms with Crippen LogP contribution in [-0.2, 0) is 5.41 Å². The fourth-order valence-electron chi connectivity index (χ4n) is 3.53. The van der Waals surface area contributed by atoms with Gasteiger partial charge >= 0.3 is 0 Å². The lowest BCUT2D eigenvalue weighted by molar-refractivity contribution is 0.660. The van der Waals surface area contributed by atoms with Crippen LogP contribution in [0.4, 0.5) is 0 Å². The van der Waals surface area contributed by atoms with Crippen LogP contribution in [0.25, 0.3) is 16.7 Å². The van der Waals surface area contributed by atoms with Crippen molar-refractivity contribution >= 4 is 16.7 Å². The number of aromatic amines is 1. The number of benzene rings is 1. The molecule has 1 aliphatic carbocycles. The van der Waals surface area contributed by atoms with Crippen LogP contribution in [0.1, 0.15) is 48.8 Å². The maximum atomic E-state index is 4.34. The van der Waals surface area contributed by atoms with Gasteiger partial charge in [-0.25, -0.2) is 0 Å². The molecular weight excluding hydrogens is 318 g/mol. The zero-order chi connectivity index (χ0) is 19.2. The fraction of sp³-hybridized carbons (Fsp3) is 0.217. The molecule has 26 heavy (non-hydrogen) atoms. The van der Waals surface area contributed by atoms with Crippen LogP contribution in [0.2, 0.25) is 0 Å². The van der Waals surface area contributed by atoms with Gasteiger partial charge in [-0.2, -0.15) is 15.4 Å². The normalized spacial score (nSPS) is 16.6. The monoisotopic (exact) mass is 343 g/mol. The average Bonchev–Trinajstić information content (AvgIpc) is 3.13. The number of H-pyrrole nitrogens is 1. The van der Waals surface area contributed by atoms with Crippen LogP contribution in [0, 0.1) is 6.92 Å². The first-order valence-corrected chi connectivity index (χ1v) is 8.62. The van der Waals surface area contributed by atoms with E-state index in [1.165, 1.54) is 16.7 Å². The minimum atomic E-state index is -0.136. The molecule has 0 aliphatic heterocycles. The first kappa shape index (κ1) is 17.9. The molecule has 3 nitrogen and oxygen atoms in total. The molecule has 0 bridgehead atoms. The SMILES string of the molecule is C=C(/C=C1\C(=C)c2ccc(C)cc2C1(C)C)C(=C)c1n[nH]nc1C(=C)C. The standard InChI is InChI=1S/C23H25N3/c1-13(2)21-22(25-26-24-21)16(5)15(4)12-19-17(6)18-10-9-14(3)11-20(18)23(19,7)8/h9-12H,1,4-6H2,2-3,7-8H3,(H,24,25,26)/b19-12+. The maximum absolute atomic E-state index is 4.34. The third-order valence-electron chi connectivity index (χ3n) is 5.12. The van der Waals surface area contributed by atoms with Gasteiger partial charge in [0.15, 0.2) is 0 Å². The lowest BCUT2D eigenvalue weighted by atomic mass is 9.80. The highest BCUT2D eigenvalue weighted by Gasteiger charge is 2.37. The number of nitrogens with one attached hydrogen (secondary N) is 1. The molecule has 1 N–H and O–H groups in total. The van der Waals surface area contributed by atoms with E-state index in [0.717, 1.165) is 33.6 Å². The summed E-state index contributed by atoms with van der Waals surface area (Å²) in [5.74, 6) is 0. The highest BCUT2D eigenvalue weighted by Crippen LogP contribution is 2.49. The molecule has 0 fully saturated rings. The number of nitrogens with zero attached hydrogens (tertiary/aromatic N) is 2. The Hall–Kier alpha value is -2.94. The number of allylic oxidation sites excluding steroid dienone is 6. The Morgan fingerprint density at radius 3 is 2.42 bits per heavy atom. The predicted molar refractivity (Wildman–Crippen MR) is 111 cm³/mol. The second kappa shape index (κ2) is 6.10. The largest absolute Gasteiger partial charge is 0.197 e. The van der Waals surface area contributed by atoms with Gasteiger partial charge in [-0.15, -0.1) is 0 Å². The van der Waals surface area contributed by atoms with E-state index in [2.05, 4.69) is 86.8 Å². The lowest BCUT2D eigenvalue weighted by Crippen LogP contribution is -2.15. The third kappa shape index (κ3) is 2.70. The number of aryl methyl sites for hydroxylation is 1. The summed E-state index contributed by atoms with van der Waals surface area (Å²) in [6.45, 7) is 25.2. The molecule has 1 aromatic heterocycles. The van der Waals surface area contributed by atoms with E-state index in [1.807, 2.05) is 6.92 Å². The van der Waals surface area contributed by atoms with Crippen molar-refractivity contribution in [3.63, 3.8) is 0 Å². The van der Waals surface area contributed by atoms with Crippen LogP contribution in [-0.4, -0.2) is 15.4 Å². The van der Waals surface area contributed by atoms with Gasteiger partial charge in [-0.3, -0.25) is 0 Å². The smallest absolute Gasteiger partial charge is 0.120 e. The molecule has 1 heterocycles. The second-order valence-corrected chi connectivity index (χ2v) is 7.52. The van der Waals surface area contributed by atoms with Gasteiger partial charge in [0.25, 0.3) is 0 Å². The number of hydrogen-bond acceptors (Lipinski definition) is 2. The minimum absolute atomic E-state index is 0.136. The van der Waals surface area contributed by atoms with Gasteiger partial charge in [0.05, 0.1) is 0 Å². The Bertz CT molecular complexity index is 996. The summed E-state index contributed by atoms with van der Waals surface area (Å²) in [4.78, 5) is 0. The van der Waals surface area contributed by atoms with Crippen molar-refractivity contribution in [2.75, 3.05) is 0 Å². The topological polar surface area (TPSA) is 41.6 Å². The Morgan fingerprint density at radius 2 is 1.77 bits per heavy atom. The van der Waals surface area contributed by atoms with Crippen LogP contribution in [0.5, 0.6) is 0 Å². The Balaban J connectivity index is 2.01. The zero-order valence-electron chi connectivity index (χ0n) is 16.0. The summed E-state index contributed by atoms with van der Waals surface area (Å²) in [6, 6.07) is 6.53. The van der Waals surface area contributed by atoms with Gasteiger partial charge in [0.2, 0.25) is 0 Å². The molecule has 0 saturated heterocycles. The summed E-state index contributed by atoms with van der Waals surface area (Å²) in [5.41, 5.74) is 9.60. The summed E-state index contributed by atoms with van der Waals surface area (Å²) < 4.78 is 0. The van der Waals surface area contributed by atoms with E-state index in [-0.39, 0.29) is 5.41 Å². The van der Waals surface area contributed by atoms with Crippen molar-refractivity contribution in [2.24, 2.45) is 0 Å². The summed E-state index contributed by atoms with van der Waals surface area (Å²) in [7, 11) is 0. The van der Waals surface area contributed by atoms with E-state index in [1.54, 1.807) is 0 Å². The number of fused-ring (bicyclic) bond motifs is 1. The Labute approximate surface area is 155 Å². The van der Waals surface area contributed by atoms with Crippen molar-refractivity contribution in [1.29, 1.82) is 0 Å². The first-order valence-electron chi connectivity index (χ1n) is 8.62. The van der Waals surface area contributed by atoms with Crippen molar-refractivity contribution in [3.05, 3.63) is 89.8 Å². The zero-order valence-corrected chi connectivity index (χ0v) is 16.0. The Kier molecular flexibility index (Phi) is 4.19. The van der Waals surface area contributed by atoms with Gasteiger partial charge in [0.1, 0.15) is 11.4 Å². The quantitative estimate of drug-likeness (QED) is 0.729. The molecule has 0 spiro atoms. The van der Waals surface area contributed by atoms with E-state index in [0.29, 0.717) is 5.69 Å². The fourth-order valence-corrected chi connectivity index (χ4v) is 3.53. The predicted octanol–water partition coefficient (Wildman–Crippen LogP) is 5.65. The summed E-state index contributed by atoms with van der Waals surface area (Å²) in [5, 5.41) is 11.0. The minimum Gasteiger partial charge on any atom is -0.197 e. The van der Waals surface area contributed by atoms with Crippen LogP contribution < -0.4 is 0 Å². The third-order valence-corrected chi connectivity index (χ3v) is 5.12. The highest BCUT2D eigenvalue weighted by atomic mass is 15.3. The van der Waals surface area contributed by atoms with Gasteiger partial charge in [0, 0.05) is 11.0 Å². The Morgan fingerprint density at radius 1 is 1.12 bits per heavy atom.